The number of hydrogen-bond acceptors (Lipinski definition) is 2. The molecule has 0 spiro atoms. The number of hydrogen-bond donors (Lipinski definition) is 0. The molecule has 78 valence electrons. The number of fused-ring (bicyclic) bond motifs is 1. The van der Waals surface area contributed by atoms with Crippen LogP contribution in [0.5, 0.6) is 0 Å². The van der Waals surface area contributed by atoms with Crippen molar-refractivity contribution in [2.75, 3.05) is 0 Å². The van der Waals surface area contributed by atoms with Crippen molar-refractivity contribution < 1.29 is 0 Å². The van der Waals surface area contributed by atoms with Crippen LogP contribution in [0.1, 0.15) is 25.5 Å². The standard InChI is InChI=1S/C11H11ClN2O/c1-7(2)9-5-11(15)14-6-8(12)3-4-10(14)13-9/h3-7H,1-2H3. The Balaban J connectivity index is 2.79. The van der Waals surface area contributed by atoms with Gasteiger partial charge in [0, 0.05) is 12.3 Å². The zero-order valence-electron chi connectivity index (χ0n) is 8.57. The lowest BCUT2D eigenvalue weighted by Gasteiger charge is -2.06. The SMILES string of the molecule is CC(C)c1cc(=O)n2cc(Cl)ccc2n1. The van der Waals surface area contributed by atoms with Crippen molar-refractivity contribution in [2.45, 2.75) is 19.8 Å². The summed E-state index contributed by atoms with van der Waals surface area (Å²) >= 11 is 5.81. The summed E-state index contributed by atoms with van der Waals surface area (Å²) in [6.45, 7) is 4.02. The summed E-state index contributed by atoms with van der Waals surface area (Å²) in [5, 5.41) is 0.531. The van der Waals surface area contributed by atoms with E-state index in [1.165, 1.54) is 4.40 Å². The van der Waals surface area contributed by atoms with Crippen LogP contribution in [0.3, 0.4) is 0 Å². The second-order valence-electron chi connectivity index (χ2n) is 3.75. The maximum absolute atomic E-state index is 11.7. The van der Waals surface area contributed by atoms with Crippen LogP contribution in [0.25, 0.3) is 5.65 Å². The molecule has 0 aliphatic carbocycles. The van der Waals surface area contributed by atoms with Crippen molar-refractivity contribution in [3.05, 3.63) is 45.5 Å². The van der Waals surface area contributed by atoms with E-state index in [1.807, 2.05) is 13.8 Å². The number of pyridine rings is 1. The first kappa shape index (κ1) is 10.2. The molecule has 0 saturated heterocycles. The van der Waals surface area contributed by atoms with E-state index in [-0.39, 0.29) is 11.5 Å². The third-order valence-electron chi connectivity index (χ3n) is 2.23. The molecule has 0 fully saturated rings. The Morgan fingerprint density at radius 3 is 2.80 bits per heavy atom. The van der Waals surface area contributed by atoms with Gasteiger partial charge in [-0.3, -0.25) is 9.20 Å². The number of aromatic nitrogens is 2. The zero-order chi connectivity index (χ0) is 11.0. The van der Waals surface area contributed by atoms with Gasteiger partial charge in [0.05, 0.1) is 10.7 Å². The van der Waals surface area contributed by atoms with Crippen LogP contribution < -0.4 is 5.56 Å². The van der Waals surface area contributed by atoms with Crippen molar-refractivity contribution in [2.24, 2.45) is 0 Å². The van der Waals surface area contributed by atoms with Gasteiger partial charge in [0.15, 0.2) is 0 Å². The van der Waals surface area contributed by atoms with Gasteiger partial charge >= 0.3 is 0 Å². The summed E-state index contributed by atoms with van der Waals surface area (Å²) in [6, 6.07) is 5.02. The van der Waals surface area contributed by atoms with Gasteiger partial charge in [-0.1, -0.05) is 25.4 Å². The molecule has 3 nitrogen and oxygen atoms in total. The fourth-order valence-electron chi connectivity index (χ4n) is 1.39. The summed E-state index contributed by atoms with van der Waals surface area (Å²) in [7, 11) is 0. The molecule has 0 atom stereocenters. The lowest BCUT2D eigenvalue weighted by molar-refractivity contribution is 0.812. The highest BCUT2D eigenvalue weighted by Crippen LogP contribution is 2.12. The van der Waals surface area contributed by atoms with Crippen LogP contribution in [0.2, 0.25) is 5.02 Å². The minimum Gasteiger partial charge on any atom is -0.269 e. The normalized spacial score (nSPS) is 11.2. The Labute approximate surface area is 92.3 Å². The Morgan fingerprint density at radius 2 is 2.13 bits per heavy atom. The second-order valence-corrected chi connectivity index (χ2v) is 4.19. The van der Waals surface area contributed by atoms with Crippen LogP contribution >= 0.6 is 11.6 Å². The van der Waals surface area contributed by atoms with Gasteiger partial charge in [0.2, 0.25) is 0 Å². The first-order chi connectivity index (χ1) is 7.08. The summed E-state index contributed by atoms with van der Waals surface area (Å²) in [6.07, 6.45) is 1.58. The van der Waals surface area contributed by atoms with Crippen LogP contribution in [0.4, 0.5) is 0 Å². The van der Waals surface area contributed by atoms with E-state index in [0.29, 0.717) is 10.7 Å². The predicted octanol–water partition coefficient (Wildman–Crippen LogP) is 2.47. The minimum absolute atomic E-state index is 0.0915. The maximum atomic E-state index is 11.7. The van der Waals surface area contributed by atoms with Crippen LogP contribution in [0, 0.1) is 0 Å². The average Bonchev–Trinajstić information content (AvgIpc) is 2.18. The largest absolute Gasteiger partial charge is 0.269 e. The van der Waals surface area contributed by atoms with Gasteiger partial charge in [-0.05, 0) is 18.1 Å². The molecular weight excluding hydrogens is 212 g/mol. The lowest BCUT2D eigenvalue weighted by Crippen LogP contribution is -2.15. The van der Waals surface area contributed by atoms with E-state index in [4.69, 9.17) is 11.6 Å². The fourth-order valence-corrected chi connectivity index (χ4v) is 1.55. The van der Waals surface area contributed by atoms with Crippen LogP contribution in [-0.4, -0.2) is 9.38 Å². The third kappa shape index (κ3) is 1.88. The van der Waals surface area contributed by atoms with Gasteiger partial charge in [-0.25, -0.2) is 4.98 Å². The number of rotatable bonds is 1. The van der Waals surface area contributed by atoms with Crippen molar-refractivity contribution in [3.8, 4) is 0 Å². The first-order valence-electron chi connectivity index (χ1n) is 4.77. The Morgan fingerprint density at radius 1 is 1.40 bits per heavy atom. The second kappa shape index (κ2) is 3.66. The van der Waals surface area contributed by atoms with E-state index in [2.05, 4.69) is 4.98 Å². The van der Waals surface area contributed by atoms with Gasteiger partial charge in [0.1, 0.15) is 5.65 Å². The highest BCUT2D eigenvalue weighted by Gasteiger charge is 2.05. The molecule has 2 aromatic heterocycles. The van der Waals surface area contributed by atoms with Crippen molar-refractivity contribution in [1.29, 1.82) is 0 Å². The smallest absolute Gasteiger partial charge is 0.258 e. The van der Waals surface area contributed by atoms with E-state index >= 15 is 0 Å². The molecule has 0 N–H and O–H groups in total. The van der Waals surface area contributed by atoms with Crippen molar-refractivity contribution >= 4 is 17.2 Å². The minimum atomic E-state index is -0.0915. The quantitative estimate of drug-likeness (QED) is 0.743. The Hall–Kier alpha value is -1.35. The molecule has 0 aliphatic rings. The van der Waals surface area contributed by atoms with Crippen molar-refractivity contribution in [1.82, 2.24) is 9.38 Å². The van der Waals surface area contributed by atoms with E-state index in [1.54, 1.807) is 24.4 Å². The maximum Gasteiger partial charge on any atom is 0.258 e. The molecule has 2 rings (SSSR count). The fraction of sp³-hybridized carbons (Fsp3) is 0.273. The molecule has 0 unspecified atom stereocenters. The van der Waals surface area contributed by atoms with E-state index < -0.39 is 0 Å². The molecule has 0 radical (unpaired) electrons. The molecule has 0 saturated carbocycles. The molecule has 0 aliphatic heterocycles. The molecule has 4 heteroatoms. The summed E-state index contributed by atoms with van der Waals surface area (Å²) < 4.78 is 1.45. The van der Waals surface area contributed by atoms with Gasteiger partial charge in [-0.2, -0.15) is 0 Å². The molecule has 0 bridgehead atoms. The monoisotopic (exact) mass is 222 g/mol. The van der Waals surface area contributed by atoms with Crippen LogP contribution in [-0.2, 0) is 0 Å². The lowest BCUT2D eigenvalue weighted by atomic mass is 10.1. The van der Waals surface area contributed by atoms with Crippen molar-refractivity contribution in [3.63, 3.8) is 0 Å². The van der Waals surface area contributed by atoms with Gasteiger partial charge in [0.25, 0.3) is 5.56 Å². The van der Waals surface area contributed by atoms with E-state index in [0.717, 1.165) is 5.69 Å². The zero-order valence-corrected chi connectivity index (χ0v) is 9.32. The topological polar surface area (TPSA) is 34.4 Å². The molecule has 15 heavy (non-hydrogen) atoms. The van der Waals surface area contributed by atoms with Gasteiger partial charge < -0.3 is 0 Å². The average molecular weight is 223 g/mol. The first-order valence-corrected chi connectivity index (χ1v) is 5.14. The predicted molar refractivity (Wildman–Crippen MR) is 60.6 cm³/mol. The molecule has 0 aromatic carbocycles. The third-order valence-corrected chi connectivity index (χ3v) is 2.46. The molecule has 0 amide bonds. The molecule has 2 heterocycles. The highest BCUT2D eigenvalue weighted by molar-refractivity contribution is 6.30. The summed E-state index contributed by atoms with van der Waals surface area (Å²) in [5.41, 5.74) is 1.35. The highest BCUT2D eigenvalue weighted by atomic mass is 35.5. The van der Waals surface area contributed by atoms with E-state index in [9.17, 15) is 4.79 Å². The van der Waals surface area contributed by atoms with Crippen LogP contribution in [0.15, 0.2) is 29.2 Å². The Bertz CT molecular complexity index is 560. The summed E-state index contributed by atoms with van der Waals surface area (Å²) in [5.74, 6) is 0.248. The summed E-state index contributed by atoms with van der Waals surface area (Å²) in [4.78, 5) is 16.1. The number of nitrogens with zero attached hydrogens (tertiary/aromatic N) is 2. The molecular formula is C11H11ClN2O. The molecule has 2 aromatic rings. The Kier molecular flexibility index (Phi) is 2.49. The number of halogens is 1. The van der Waals surface area contributed by atoms with Gasteiger partial charge in [-0.15, -0.1) is 0 Å².